The molecule has 0 heteroatoms. The van der Waals surface area contributed by atoms with E-state index in [2.05, 4.69) is 206 Å². The van der Waals surface area contributed by atoms with Crippen LogP contribution < -0.4 is 0 Å². The van der Waals surface area contributed by atoms with Crippen LogP contribution in [0.15, 0.2) is 109 Å². The molecule has 0 unspecified atom stereocenters. The summed E-state index contributed by atoms with van der Waals surface area (Å²) in [6.45, 7) is 32.7. The van der Waals surface area contributed by atoms with Gasteiger partial charge in [-0.1, -0.05) is 156 Å². The Morgan fingerprint density at radius 3 is 0.850 bits per heavy atom. The maximum atomic E-state index is 2.51. The SMILES string of the molecule is Cc1cc2cc(C)c(-c3cc4cc(C(C)(C)C)cc5ccc6cc(C(C)(C)C)cc3c6c54)cc2cc1-c1cc2cc(C(C)(C)C)cc3ccc4cc(C(C)(C)C)cc1c4c32. The predicted molar refractivity (Wildman–Crippen MR) is 267 cm³/mol. The van der Waals surface area contributed by atoms with E-state index in [-0.39, 0.29) is 21.7 Å². The van der Waals surface area contributed by atoms with Crippen molar-refractivity contribution in [3.63, 3.8) is 0 Å². The summed E-state index contributed by atoms with van der Waals surface area (Å²) in [6.07, 6.45) is 0. The second kappa shape index (κ2) is 12.5. The molecule has 0 aromatic heterocycles. The standard InChI is InChI=1S/C60H60/c1-33-19-39-20-34(2)48(50-30-42-26-44(58(6,7)8)22-36-16-18-38-24-46(60(12,13)14)32-52(50)56(38)54(36)42)28-40(39)27-47(33)49-29-41-25-43(57(3,4)5)21-35-15-17-37-23-45(59(9,10)11)31-51(49)55(37)53(35)41/h15-32H,1-14H3. The highest BCUT2D eigenvalue weighted by atomic mass is 14.3. The third-order valence-electron chi connectivity index (χ3n) is 13.9. The number of aryl methyl sites for hydroxylation is 2. The van der Waals surface area contributed by atoms with Crippen molar-refractivity contribution in [2.24, 2.45) is 0 Å². The fourth-order valence-electron chi connectivity index (χ4n) is 10.2. The Hall–Kier alpha value is -5.46. The molecule has 0 heterocycles. The molecule has 0 bridgehead atoms. The van der Waals surface area contributed by atoms with E-state index < -0.39 is 0 Å². The van der Waals surface area contributed by atoms with Gasteiger partial charge in [0.05, 0.1) is 0 Å². The average Bonchev–Trinajstić information content (AvgIpc) is 3.16. The summed E-state index contributed by atoms with van der Waals surface area (Å²) in [7, 11) is 0. The quantitative estimate of drug-likeness (QED) is 0.153. The Balaban J connectivity index is 1.28. The van der Waals surface area contributed by atoms with Gasteiger partial charge < -0.3 is 0 Å². The van der Waals surface area contributed by atoms with Crippen LogP contribution in [0.1, 0.15) is 116 Å². The molecule has 0 aliphatic heterocycles. The molecule has 10 aromatic rings. The zero-order chi connectivity index (χ0) is 42.6. The van der Waals surface area contributed by atoms with Gasteiger partial charge in [-0.15, -0.1) is 0 Å². The first-order valence-corrected chi connectivity index (χ1v) is 22.2. The van der Waals surface area contributed by atoms with Crippen molar-refractivity contribution < 1.29 is 0 Å². The minimum Gasteiger partial charge on any atom is -0.0561 e. The summed E-state index contributed by atoms with van der Waals surface area (Å²) in [4.78, 5) is 0. The first-order valence-electron chi connectivity index (χ1n) is 22.2. The van der Waals surface area contributed by atoms with E-state index in [4.69, 9.17) is 0 Å². The van der Waals surface area contributed by atoms with E-state index in [1.807, 2.05) is 0 Å². The van der Waals surface area contributed by atoms with Crippen molar-refractivity contribution in [1.29, 1.82) is 0 Å². The Morgan fingerprint density at radius 1 is 0.250 bits per heavy atom. The zero-order valence-electron chi connectivity index (χ0n) is 38.4. The fraction of sp³-hybridized carbons (Fsp3) is 0.300. The molecule has 0 N–H and O–H groups in total. The highest BCUT2D eigenvalue weighted by Crippen LogP contribution is 2.48. The molecule has 60 heavy (non-hydrogen) atoms. The van der Waals surface area contributed by atoms with Gasteiger partial charge in [0.15, 0.2) is 0 Å². The van der Waals surface area contributed by atoms with Crippen LogP contribution in [0.25, 0.3) is 97.7 Å². The maximum Gasteiger partial charge on any atom is -0.00204 e. The summed E-state index contributed by atoms with van der Waals surface area (Å²) in [5, 5.41) is 18.8. The van der Waals surface area contributed by atoms with Crippen molar-refractivity contribution >= 4 is 75.4 Å². The van der Waals surface area contributed by atoms with E-state index >= 15 is 0 Å². The lowest BCUT2D eigenvalue weighted by molar-refractivity contribution is 0.591. The molecule has 0 saturated heterocycles. The lowest BCUT2D eigenvalue weighted by atomic mass is 9.79. The number of fused-ring (bicyclic) bond motifs is 1. The number of hydrogen-bond donors (Lipinski definition) is 0. The van der Waals surface area contributed by atoms with E-state index in [9.17, 15) is 0 Å². The molecule has 10 rings (SSSR count). The van der Waals surface area contributed by atoms with Crippen LogP contribution in [0.2, 0.25) is 0 Å². The minimum absolute atomic E-state index is 0.0198. The summed E-state index contributed by atoms with van der Waals surface area (Å²) >= 11 is 0. The largest absolute Gasteiger partial charge is 0.0561 e. The van der Waals surface area contributed by atoms with Crippen molar-refractivity contribution in [3.8, 4) is 22.3 Å². The molecule has 0 amide bonds. The Morgan fingerprint density at radius 2 is 0.517 bits per heavy atom. The topological polar surface area (TPSA) is 0 Å². The molecule has 0 fully saturated rings. The first kappa shape index (κ1) is 38.7. The molecule has 0 aliphatic rings. The molecule has 10 aromatic carbocycles. The van der Waals surface area contributed by atoms with E-state index in [1.165, 1.54) is 131 Å². The van der Waals surface area contributed by atoms with Gasteiger partial charge in [-0.3, -0.25) is 0 Å². The minimum atomic E-state index is 0.0198. The van der Waals surface area contributed by atoms with Gasteiger partial charge in [0.1, 0.15) is 0 Å². The van der Waals surface area contributed by atoms with Crippen LogP contribution >= 0.6 is 0 Å². The van der Waals surface area contributed by atoms with Crippen LogP contribution in [0.4, 0.5) is 0 Å². The Kier molecular flexibility index (Phi) is 8.10. The monoisotopic (exact) mass is 780 g/mol. The van der Waals surface area contributed by atoms with Crippen LogP contribution in [-0.2, 0) is 21.7 Å². The zero-order valence-corrected chi connectivity index (χ0v) is 38.4. The van der Waals surface area contributed by atoms with Gasteiger partial charge in [0, 0.05) is 0 Å². The molecule has 0 radical (unpaired) electrons. The lowest BCUT2D eigenvalue weighted by Gasteiger charge is -2.25. The van der Waals surface area contributed by atoms with Crippen molar-refractivity contribution in [1.82, 2.24) is 0 Å². The van der Waals surface area contributed by atoms with Gasteiger partial charge in [-0.25, -0.2) is 0 Å². The van der Waals surface area contributed by atoms with Crippen LogP contribution in [0.5, 0.6) is 0 Å². The Bertz CT molecular complexity index is 3170. The number of hydrogen-bond acceptors (Lipinski definition) is 0. The van der Waals surface area contributed by atoms with Gasteiger partial charge in [-0.2, -0.15) is 0 Å². The summed E-state index contributed by atoms with van der Waals surface area (Å²) in [5.74, 6) is 0. The highest BCUT2D eigenvalue weighted by Gasteiger charge is 2.25. The molecule has 0 nitrogen and oxygen atoms in total. The smallest absolute Gasteiger partial charge is 0.00204 e. The molecular formula is C60H60. The third kappa shape index (κ3) is 6.00. The van der Waals surface area contributed by atoms with Gasteiger partial charge in [0.25, 0.3) is 0 Å². The second-order valence-corrected chi connectivity index (χ2v) is 22.5. The number of benzene rings is 10. The number of rotatable bonds is 2. The normalized spacial score (nSPS) is 13.5. The van der Waals surface area contributed by atoms with Gasteiger partial charge in [-0.05, 0) is 203 Å². The van der Waals surface area contributed by atoms with E-state index in [1.54, 1.807) is 0 Å². The molecule has 0 aliphatic carbocycles. The molecule has 0 saturated carbocycles. The predicted octanol–water partition coefficient (Wildman–Crippen LogP) is 17.8. The summed E-state index contributed by atoms with van der Waals surface area (Å²) < 4.78 is 0. The lowest BCUT2D eigenvalue weighted by Crippen LogP contribution is -2.12. The second-order valence-electron chi connectivity index (χ2n) is 22.5. The van der Waals surface area contributed by atoms with E-state index in [0.717, 1.165) is 0 Å². The third-order valence-corrected chi connectivity index (χ3v) is 13.9. The van der Waals surface area contributed by atoms with Crippen molar-refractivity contribution in [3.05, 3.63) is 143 Å². The average molecular weight is 781 g/mol. The highest BCUT2D eigenvalue weighted by molar-refractivity contribution is 6.28. The van der Waals surface area contributed by atoms with Crippen molar-refractivity contribution in [2.45, 2.75) is 119 Å². The first-order chi connectivity index (χ1) is 28.0. The van der Waals surface area contributed by atoms with Gasteiger partial charge in [0.2, 0.25) is 0 Å². The van der Waals surface area contributed by atoms with Crippen molar-refractivity contribution in [2.75, 3.05) is 0 Å². The molecule has 300 valence electrons. The van der Waals surface area contributed by atoms with E-state index in [0.29, 0.717) is 0 Å². The molecular weight excluding hydrogens is 721 g/mol. The van der Waals surface area contributed by atoms with Crippen LogP contribution in [0, 0.1) is 13.8 Å². The summed E-state index contributed by atoms with van der Waals surface area (Å²) in [5.41, 5.74) is 13.5. The summed E-state index contributed by atoms with van der Waals surface area (Å²) in [6, 6.07) is 44.0. The maximum absolute atomic E-state index is 2.51. The van der Waals surface area contributed by atoms with Crippen LogP contribution in [0.3, 0.4) is 0 Å². The molecule has 0 atom stereocenters. The fourth-order valence-corrected chi connectivity index (χ4v) is 10.2. The van der Waals surface area contributed by atoms with Crippen LogP contribution in [-0.4, -0.2) is 0 Å². The van der Waals surface area contributed by atoms with Gasteiger partial charge >= 0.3 is 0 Å². The Labute approximate surface area is 357 Å². The molecule has 0 spiro atoms.